The lowest BCUT2D eigenvalue weighted by Crippen LogP contribution is -2.56. The van der Waals surface area contributed by atoms with Crippen LogP contribution in [0.5, 0.6) is 0 Å². The van der Waals surface area contributed by atoms with Crippen molar-refractivity contribution in [3.8, 4) is 0 Å². The number of hydrogen-bond donors (Lipinski definition) is 1. The Bertz CT molecular complexity index is 817. The number of Topliss-reactive ketones (excluding diaryl/α,β-unsaturated/α-hetero) is 1. The summed E-state index contributed by atoms with van der Waals surface area (Å²) in [4.78, 5) is 12.4. The van der Waals surface area contributed by atoms with Crippen LogP contribution in [0.25, 0.3) is 0 Å². The second-order valence-corrected chi connectivity index (χ2v) is 12.4. The zero-order chi connectivity index (χ0) is 21.9. The summed E-state index contributed by atoms with van der Waals surface area (Å²) in [5.41, 5.74) is 1.50. The highest BCUT2D eigenvalue weighted by atomic mass is 16.3. The standard InChI is InChI=1S/C29H42O2/c1-20(30)24-11-12-25-23-10-9-22-19-29(31,16-13-21-7-5-4-6-8-21)18-17-27(22,2)26(23)14-15-28(24,25)3/h4-8,22-26,31H,9-19H2,1-3H3/t22-,23?,24-,25?,26?,27+,28-,29-/m1/s1. The fourth-order valence-electron chi connectivity index (χ4n) is 9.24. The topological polar surface area (TPSA) is 37.3 Å². The SMILES string of the molecule is CC(=O)[C@H]1CCC2C3CC[C@@H]4C[C@@](O)(CCc5ccccc5)CC[C@]4(C)C3CC[C@@]21C. The van der Waals surface area contributed by atoms with E-state index in [1.165, 1.54) is 44.1 Å². The van der Waals surface area contributed by atoms with Crippen LogP contribution >= 0.6 is 0 Å². The zero-order valence-electron chi connectivity index (χ0n) is 19.9. The van der Waals surface area contributed by atoms with Gasteiger partial charge in [0.25, 0.3) is 0 Å². The number of carbonyl (C=O) groups is 1. The number of aliphatic hydroxyl groups is 1. The lowest BCUT2D eigenvalue weighted by atomic mass is 9.43. The van der Waals surface area contributed by atoms with E-state index in [9.17, 15) is 9.90 Å². The van der Waals surface area contributed by atoms with E-state index in [1.54, 1.807) is 0 Å². The van der Waals surface area contributed by atoms with Crippen molar-refractivity contribution in [2.45, 2.75) is 97.0 Å². The minimum Gasteiger partial charge on any atom is -0.390 e. The molecule has 0 aromatic heterocycles. The Labute approximate surface area is 189 Å². The van der Waals surface area contributed by atoms with E-state index >= 15 is 0 Å². The van der Waals surface area contributed by atoms with Crippen LogP contribution in [0, 0.1) is 40.4 Å². The van der Waals surface area contributed by atoms with Crippen LogP contribution in [0.1, 0.15) is 90.5 Å². The first-order valence-electron chi connectivity index (χ1n) is 13.0. The maximum absolute atomic E-state index is 12.4. The molecular formula is C29H42O2. The molecule has 31 heavy (non-hydrogen) atoms. The molecule has 4 fully saturated rings. The molecule has 0 radical (unpaired) electrons. The van der Waals surface area contributed by atoms with Gasteiger partial charge in [0, 0.05) is 5.92 Å². The third-order valence-corrected chi connectivity index (χ3v) is 11.0. The molecule has 2 heteroatoms. The summed E-state index contributed by atoms with van der Waals surface area (Å²) in [5.74, 6) is 3.76. The first kappa shape index (κ1) is 21.7. The molecule has 170 valence electrons. The second kappa shape index (κ2) is 7.72. The van der Waals surface area contributed by atoms with Gasteiger partial charge in [-0.15, -0.1) is 0 Å². The fraction of sp³-hybridized carbons (Fsp3) is 0.759. The molecule has 0 saturated heterocycles. The van der Waals surface area contributed by atoms with Gasteiger partial charge in [0.15, 0.2) is 0 Å². The van der Waals surface area contributed by atoms with Crippen molar-refractivity contribution in [2.75, 3.05) is 0 Å². The van der Waals surface area contributed by atoms with E-state index in [1.807, 2.05) is 6.92 Å². The monoisotopic (exact) mass is 422 g/mol. The summed E-state index contributed by atoms with van der Waals surface area (Å²) in [7, 11) is 0. The van der Waals surface area contributed by atoms with Crippen LogP contribution in [0.4, 0.5) is 0 Å². The molecule has 0 spiro atoms. The Morgan fingerprint density at radius 2 is 1.68 bits per heavy atom. The summed E-state index contributed by atoms with van der Waals surface area (Å²) in [6.07, 6.45) is 12.6. The zero-order valence-corrected chi connectivity index (χ0v) is 19.9. The van der Waals surface area contributed by atoms with E-state index in [4.69, 9.17) is 0 Å². The lowest BCUT2D eigenvalue weighted by Gasteiger charge is -2.62. The number of ketones is 1. The van der Waals surface area contributed by atoms with E-state index in [2.05, 4.69) is 44.2 Å². The van der Waals surface area contributed by atoms with E-state index in [0.29, 0.717) is 23.0 Å². The van der Waals surface area contributed by atoms with Crippen molar-refractivity contribution in [2.24, 2.45) is 40.4 Å². The minimum absolute atomic E-state index is 0.251. The molecule has 0 aliphatic heterocycles. The molecule has 1 aromatic carbocycles. The summed E-state index contributed by atoms with van der Waals surface area (Å²) >= 11 is 0. The summed E-state index contributed by atoms with van der Waals surface area (Å²) < 4.78 is 0. The number of fused-ring (bicyclic) bond motifs is 5. The van der Waals surface area contributed by atoms with Crippen molar-refractivity contribution in [1.82, 2.24) is 0 Å². The Morgan fingerprint density at radius 1 is 0.935 bits per heavy atom. The Balaban J connectivity index is 1.30. The summed E-state index contributed by atoms with van der Waals surface area (Å²) in [5, 5.41) is 11.5. The van der Waals surface area contributed by atoms with Crippen LogP contribution < -0.4 is 0 Å². The van der Waals surface area contributed by atoms with Crippen LogP contribution in [-0.2, 0) is 11.2 Å². The molecule has 8 atom stereocenters. The van der Waals surface area contributed by atoms with E-state index in [-0.39, 0.29) is 5.41 Å². The van der Waals surface area contributed by atoms with Crippen molar-refractivity contribution in [3.05, 3.63) is 35.9 Å². The van der Waals surface area contributed by atoms with Gasteiger partial charge in [-0.3, -0.25) is 4.79 Å². The predicted octanol–water partition coefficient (Wildman–Crippen LogP) is 6.60. The van der Waals surface area contributed by atoms with Gasteiger partial charge in [-0.2, -0.15) is 0 Å². The van der Waals surface area contributed by atoms with Crippen LogP contribution in [0.15, 0.2) is 30.3 Å². The number of benzene rings is 1. The van der Waals surface area contributed by atoms with Crippen molar-refractivity contribution < 1.29 is 9.90 Å². The quantitative estimate of drug-likeness (QED) is 0.593. The highest BCUT2D eigenvalue weighted by Gasteiger charge is 2.61. The molecule has 5 rings (SSSR count). The number of carbonyl (C=O) groups excluding carboxylic acids is 1. The first-order chi connectivity index (χ1) is 14.8. The van der Waals surface area contributed by atoms with Crippen LogP contribution in [0.3, 0.4) is 0 Å². The van der Waals surface area contributed by atoms with E-state index in [0.717, 1.165) is 49.9 Å². The molecule has 1 aromatic rings. The summed E-state index contributed by atoms with van der Waals surface area (Å²) in [6, 6.07) is 10.7. The van der Waals surface area contributed by atoms with Crippen LogP contribution in [0.2, 0.25) is 0 Å². The Hall–Kier alpha value is -1.15. The van der Waals surface area contributed by atoms with Crippen LogP contribution in [-0.4, -0.2) is 16.5 Å². The number of aryl methyl sites for hydroxylation is 1. The van der Waals surface area contributed by atoms with Crippen molar-refractivity contribution in [3.63, 3.8) is 0 Å². The average molecular weight is 423 g/mol. The maximum atomic E-state index is 12.4. The van der Waals surface area contributed by atoms with Gasteiger partial charge < -0.3 is 5.11 Å². The molecule has 4 aliphatic rings. The Kier molecular flexibility index (Phi) is 5.40. The molecule has 2 nitrogen and oxygen atoms in total. The van der Waals surface area contributed by atoms with Crippen molar-refractivity contribution >= 4 is 5.78 Å². The van der Waals surface area contributed by atoms with Gasteiger partial charge in [0.2, 0.25) is 0 Å². The molecule has 4 aliphatic carbocycles. The molecule has 3 unspecified atom stereocenters. The number of rotatable bonds is 4. The Morgan fingerprint density at radius 3 is 2.42 bits per heavy atom. The lowest BCUT2D eigenvalue weighted by molar-refractivity contribution is -0.154. The van der Waals surface area contributed by atoms with E-state index < -0.39 is 5.60 Å². The minimum atomic E-state index is -0.483. The smallest absolute Gasteiger partial charge is 0.133 e. The highest BCUT2D eigenvalue weighted by Crippen LogP contribution is 2.68. The second-order valence-electron chi connectivity index (χ2n) is 12.4. The third-order valence-electron chi connectivity index (χ3n) is 11.0. The largest absolute Gasteiger partial charge is 0.390 e. The maximum Gasteiger partial charge on any atom is 0.133 e. The third kappa shape index (κ3) is 3.52. The van der Waals surface area contributed by atoms with Gasteiger partial charge in [0.05, 0.1) is 5.60 Å². The van der Waals surface area contributed by atoms with Gasteiger partial charge >= 0.3 is 0 Å². The average Bonchev–Trinajstić information content (AvgIpc) is 3.11. The molecule has 0 bridgehead atoms. The fourth-order valence-corrected chi connectivity index (χ4v) is 9.24. The summed E-state index contributed by atoms with van der Waals surface area (Å²) in [6.45, 7) is 6.86. The predicted molar refractivity (Wildman–Crippen MR) is 126 cm³/mol. The molecule has 0 heterocycles. The first-order valence-corrected chi connectivity index (χ1v) is 13.0. The van der Waals surface area contributed by atoms with Crippen molar-refractivity contribution in [1.29, 1.82) is 0 Å². The van der Waals surface area contributed by atoms with Gasteiger partial charge in [-0.1, -0.05) is 44.2 Å². The molecular weight excluding hydrogens is 380 g/mol. The van der Waals surface area contributed by atoms with Gasteiger partial charge in [-0.05, 0) is 118 Å². The molecule has 0 amide bonds. The molecule has 1 N–H and O–H groups in total. The normalized spacial score (nSPS) is 46.6. The highest BCUT2D eigenvalue weighted by molar-refractivity contribution is 5.79. The van der Waals surface area contributed by atoms with Gasteiger partial charge in [0.1, 0.15) is 5.78 Å². The molecule has 4 saturated carbocycles. The number of hydrogen-bond acceptors (Lipinski definition) is 2. The van der Waals surface area contributed by atoms with Gasteiger partial charge in [-0.25, -0.2) is 0 Å².